The molecule has 3 unspecified atom stereocenters. The van der Waals surface area contributed by atoms with E-state index in [1.54, 1.807) is 0 Å². The van der Waals surface area contributed by atoms with Gasteiger partial charge in [-0.25, -0.2) is 0 Å². The lowest BCUT2D eigenvalue weighted by Gasteiger charge is -2.32. The van der Waals surface area contributed by atoms with Crippen molar-refractivity contribution >= 4 is 15.9 Å². The number of aliphatic hydroxyl groups is 1. The summed E-state index contributed by atoms with van der Waals surface area (Å²) in [6.07, 6.45) is 1.59. The first-order chi connectivity index (χ1) is 8.61. The first-order valence-electron chi connectivity index (χ1n) is 6.55. The van der Waals surface area contributed by atoms with E-state index in [9.17, 15) is 5.11 Å². The van der Waals surface area contributed by atoms with Crippen LogP contribution in [-0.2, 0) is 0 Å². The first-order valence-corrected chi connectivity index (χ1v) is 7.34. The van der Waals surface area contributed by atoms with Crippen LogP contribution in [0, 0.1) is 0 Å². The van der Waals surface area contributed by atoms with Crippen LogP contribution >= 0.6 is 15.9 Å². The Morgan fingerprint density at radius 3 is 2.61 bits per heavy atom. The average molecular weight is 313 g/mol. The highest BCUT2D eigenvalue weighted by atomic mass is 79.9. The minimum absolute atomic E-state index is 0.108. The largest absolute Gasteiger partial charge is 0.392 e. The van der Waals surface area contributed by atoms with Crippen molar-refractivity contribution in [3.63, 3.8) is 0 Å². The van der Waals surface area contributed by atoms with Crippen LogP contribution in [0.5, 0.6) is 0 Å². The van der Waals surface area contributed by atoms with Gasteiger partial charge in [-0.2, -0.15) is 0 Å². The average Bonchev–Trinajstić information content (AvgIpc) is 2.78. The predicted octanol–water partition coefficient (Wildman–Crippen LogP) is 2.29. The van der Waals surface area contributed by atoms with Crippen LogP contribution in [-0.4, -0.2) is 35.2 Å². The molecule has 100 valence electrons. The molecule has 0 radical (unpaired) electrons. The molecular formula is C14H21BrN2O. The van der Waals surface area contributed by atoms with Gasteiger partial charge in [-0.15, -0.1) is 0 Å². The maximum Gasteiger partial charge on any atom is 0.0679 e. The molecule has 1 aliphatic rings. The van der Waals surface area contributed by atoms with E-state index in [-0.39, 0.29) is 18.2 Å². The van der Waals surface area contributed by atoms with E-state index < -0.39 is 0 Å². The zero-order chi connectivity index (χ0) is 13.1. The molecule has 3 atom stereocenters. The van der Waals surface area contributed by atoms with Crippen molar-refractivity contribution in [3.05, 3.63) is 34.3 Å². The fourth-order valence-corrected chi connectivity index (χ4v) is 2.90. The minimum Gasteiger partial charge on any atom is -0.392 e. The minimum atomic E-state index is -0.202. The van der Waals surface area contributed by atoms with Gasteiger partial charge in [-0.05, 0) is 30.5 Å². The summed E-state index contributed by atoms with van der Waals surface area (Å²) < 4.78 is 1.08. The summed E-state index contributed by atoms with van der Waals surface area (Å²) in [7, 11) is 0. The van der Waals surface area contributed by atoms with Gasteiger partial charge in [0.25, 0.3) is 0 Å². The summed E-state index contributed by atoms with van der Waals surface area (Å²) in [6.45, 7) is 3.77. The zero-order valence-electron chi connectivity index (χ0n) is 10.7. The molecule has 3 nitrogen and oxygen atoms in total. The molecule has 2 rings (SSSR count). The standard InChI is InChI=1S/C14H21BrN2O/c1-2-13(16)14(17-8-7-12(18)9-17)10-3-5-11(15)6-4-10/h3-6,12-14,18H,2,7-9,16H2,1H3. The Bertz CT molecular complexity index is 382. The Hall–Kier alpha value is -0.420. The number of β-amino-alcohol motifs (C(OH)–C–C–N with tert-alkyl or cyclic N) is 1. The third kappa shape index (κ3) is 3.12. The van der Waals surface area contributed by atoms with Crippen molar-refractivity contribution in [2.45, 2.75) is 38.0 Å². The molecular weight excluding hydrogens is 292 g/mol. The van der Waals surface area contributed by atoms with E-state index in [0.29, 0.717) is 0 Å². The van der Waals surface area contributed by atoms with Crippen LogP contribution in [0.2, 0.25) is 0 Å². The van der Waals surface area contributed by atoms with E-state index in [2.05, 4.69) is 52.0 Å². The normalized spacial score (nSPS) is 24.1. The van der Waals surface area contributed by atoms with Crippen molar-refractivity contribution in [1.29, 1.82) is 0 Å². The van der Waals surface area contributed by atoms with E-state index in [1.165, 1.54) is 5.56 Å². The smallest absolute Gasteiger partial charge is 0.0679 e. The monoisotopic (exact) mass is 312 g/mol. The fourth-order valence-electron chi connectivity index (χ4n) is 2.63. The predicted molar refractivity (Wildman–Crippen MR) is 77.3 cm³/mol. The molecule has 0 spiro atoms. The number of nitrogens with zero attached hydrogens (tertiary/aromatic N) is 1. The third-order valence-corrected chi connectivity index (χ3v) is 4.21. The Morgan fingerprint density at radius 1 is 1.44 bits per heavy atom. The Kier molecular flexibility index (Phi) is 4.78. The molecule has 4 heteroatoms. The topological polar surface area (TPSA) is 49.5 Å². The number of benzene rings is 1. The second-order valence-corrected chi connectivity index (χ2v) is 5.92. The van der Waals surface area contributed by atoms with Crippen molar-refractivity contribution < 1.29 is 5.11 Å². The Labute approximate surface area is 117 Å². The number of aliphatic hydroxyl groups excluding tert-OH is 1. The van der Waals surface area contributed by atoms with Gasteiger partial charge in [0, 0.05) is 29.6 Å². The van der Waals surface area contributed by atoms with Gasteiger partial charge in [0.15, 0.2) is 0 Å². The summed E-state index contributed by atoms with van der Waals surface area (Å²) >= 11 is 3.46. The van der Waals surface area contributed by atoms with E-state index in [1.807, 2.05) is 0 Å². The van der Waals surface area contributed by atoms with Gasteiger partial charge in [0.05, 0.1) is 6.10 Å². The number of hydrogen-bond acceptors (Lipinski definition) is 3. The molecule has 1 fully saturated rings. The van der Waals surface area contributed by atoms with Crippen LogP contribution in [0.3, 0.4) is 0 Å². The lowest BCUT2D eigenvalue weighted by Crippen LogP contribution is -2.40. The molecule has 0 aromatic heterocycles. The van der Waals surface area contributed by atoms with E-state index in [0.717, 1.165) is 30.4 Å². The van der Waals surface area contributed by atoms with Gasteiger partial charge < -0.3 is 10.8 Å². The number of nitrogens with two attached hydrogens (primary N) is 1. The molecule has 1 aliphatic heterocycles. The lowest BCUT2D eigenvalue weighted by atomic mass is 9.97. The molecule has 3 N–H and O–H groups in total. The third-order valence-electron chi connectivity index (χ3n) is 3.68. The summed E-state index contributed by atoms with van der Waals surface area (Å²) in [6, 6.07) is 8.66. The van der Waals surface area contributed by atoms with Crippen LogP contribution in [0.25, 0.3) is 0 Å². The van der Waals surface area contributed by atoms with E-state index >= 15 is 0 Å². The van der Waals surface area contributed by atoms with Gasteiger partial charge in [-0.3, -0.25) is 4.90 Å². The molecule has 1 aromatic carbocycles. The number of rotatable bonds is 4. The summed E-state index contributed by atoms with van der Waals surface area (Å²) in [4.78, 5) is 2.31. The zero-order valence-corrected chi connectivity index (χ0v) is 12.3. The van der Waals surface area contributed by atoms with Crippen molar-refractivity contribution in [3.8, 4) is 0 Å². The van der Waals surface area contributed by atoms with E-state index in [4.69, 9.17) is 5.73 Å². The van der Waals surface area contributed by atoms with Crippen molar-refractivity contribution in [2.24, 2.45) is 5.73 Å². The second kappa shape index (κ2) is 6.15. The second-order valence-electron chi connectivity index (χ2n) is 5.01. The fraction of sp³-hybridized carbons (Fsp3) is 0.571. The van der Waals surface area contributed by atoms with Crippen LogP contribution in [0.15, 0.2) is 28.7 Å². The van der Waals surface area contributed by atoms with Crippen LogP contribution in [0.1, 0.15) is 31.4 Å². The van der Waals surface area contributed by atoms with Gasteiger partial charge in [0.2, 0.25) is 0 Å². The summed E-state index contributed by atoms with van der Waals surface area (Å²) in [5.74, 6) is 0. The number of halogens is 1. The molecule has 1 heterocycles. The first kappa shape index (κ1) is 14.0. The van der Waals surface area contributed by atoms with Gasteiger partial charge >= 0.3 is 0 Å². The highest BCUT2D eigenvalue weighted by Crippen LogP contribution is 2.29. The highest BCUT2D eigenvalue weighted by Gasteiger charge is 2.31. The number of hydrogen-bond donors (Lipinski definition) is 2. The maximum absolute atomic E-state index is 9.70. The SMILES string of the molecule is CCC(N)C(c1ccc(Br)cc1)N1CCC(O)C1. The van der Waals surface area contributed by atoms with Gasteiger partial charge in [0.1, 0.15) is 0 Å². The molecule has 0 bridgehead atoms. The molecule has 0 amide bonds. The molecule has 1 aromatic rings. The summed E-state index contributed by atoms with van der Waals surface area (Å²) in [5, 5.41) is 9.70. The molecule has 0 aliphatic carbocycles. The lowest BCUT2D eigenvalue weighted by molar-refractivity contribution is 0.148. The quantitative estimate of drug-likeness (QED) is 0.897. The summed E-state index contributed by atoms with van der Waals surface area (Å²) in [5.41, 5.74) is 7.52. The van der Waals surface area contributed by atoms with Crippen molar-refractivity contribution in [2.75, 3.05) is 13.1 Å². The molecule has 0 saturated carbocycles. The van der Waals surface area contributed by atoms with Crippen LogP contribution < -0.4 is 5.73 Å². The maximum atomic E-state index is 9.70. The molecule has 18 heavy (non-hydrogen) atoms. The molecule has 1 saturated heterocycles. The van der Waals surface area contributed by atoms with Crippen molar-refractivity contribution in [1.82, 2.24) is 4.90 Å². The number of likely N-dealkylation sites (tertiary alicyclic amines) is 1. The van der Waals surface area contributed by atoms with Gasteiger partial charge in [-0.1, -0.05) is 35.0 Å². The highest BCUT2D eigenvalue weighted by molar-refractivity contribution is 9.10. The van der Waals surface area contributed by atoms with Crippen LogP contribution in [0.4, 0.5) is 0 Å². The Morgan fingerprint density at radius 2 is 2.11 bits per heavy atom. The Balaban J connectivity index is 2.22.